The van der Waals surface area contributed by atoms with Crippen molar-refractivity contribution in [3.63, 3.8) is 0 Å². The minimum absolute atomic E-state index is 0.0644. The van der Waals surface area contributed by atoms with E-state index >= 15 is 0 Å². The van der Waals surface area contributed by atoms with Crippen molar-refractivity contribution in [2.75, 3.05) is 16.8 Å². The Morgan fingerprint density at radius 2 is 1.80 bits per heavy atom. The summed E-state index contributed by atoms with van der Waals surface area (Å²) in [7, 11) is 0. The van der Waals surface area contributed by atoms with Gasteiger partial charge in [0.15, 0.2) is 0 Å². The molecule has 0 radical (unpaired) electrons. The van der Waals surface area contributed by atoms with Gasteiger partial charge in [0, 0.05) is 31.6 Å². The lowest BCUT2D eigenvalue weighted by Gasteiger charge is -2.21. The van der Waals surface area contributed by atoms with E-state index in [1.165, 1.54) is 19.1 Å². The van der Waals surface area contributed by atoms with Crippen LogP contribution >= 0.6 is 23.2 Å². The van der Waals surface area contributed by atoms with E-state index in [1.54, 1.807) is 6.07 Å². The van der Waals surface area contributed by atoms with Crippen molar-refractivity contribution < 1.29 is 18.4 Å². The molecule has 0 saturated heterocycles. The molecule has 2 amide bonds. The molecule has 2 rings (SSSR count). The summed E-state index contributed by atoms with van der Waals surface area (Å²) in [4.78, 5) is 24.8. The zero-order valence-electron chi connectivity index (χ0n) is 13.2. The van der Waals surface area contributed by atoms with Crippen molar-refractivity contribution in [3.05, 3.63) is 58.1 Å². The van der Waals surface area contributed by atoms with Crippen molar-refractivity contribution in [3.8, 4) is 0 Å². The third kappa shape index (κ3) is 5.14. The molecule has 0 unspecified atom stereocenters. The summed E-state index contributed by atoms with van der Waals surface area (Å²) in [5, 5.41) is 3.25. The summed E-state index contributed by atoms with van der Waals surface area (Å²) < 4.78 is 26.9. The average Bonchev–Trinajstić information content (AvgIpc) is 2.52. The second kappa shape index (κ2) is 8.27. The molecule has 0 spiro atoms. The Bertz CT molecular complexity index is 815. The number of anilines is 2. The number of nitrogens with zero attached hydrogens (tertiary/aromatic N) is 1. The van der Waals surface area contributed by atoms with E-state index in [9.17, 15) is 18.4 Å². The normalized spacial score (nSPS) is 10.4. The molecule has 0 heterocycles. The Hall–Kier alpha value is -2.18. The van der Waals surface area contributed by atoms with Gasteiger partial charge in [0.2, 0.25) is 11.8 Å². The number of benzene rings is 2. The van der Waals surface area contributed by atoms with Gasteiger partial charge in [0.25, 0.3) is 0 Å². The maximum absolute atomic E-state index is 13.9. The predicted molar refractivity (Wildman–Crippen MR) is 94.1 cm³/mol. The van der Waals surface area contributed by atoms with Gasteiger partial charge < -0.3 is 10.2 Å². The quantitative estimate of drug-likeness (QED) is 0.812. The van der Waals surface area contributed by atoms with Crippen molar-refractivity contribution >= 4 is 46.4 Å². The van der Waals surface area contributed by atoms with E-state index < -0.39 is 23.4 Å². The maximum Gasteiger partial charge on any atom is 0.226 e. The number of nitrogens with one attached hydrogen (secondary N) is 1. The van der Waals surface area contributed by atoms with Gasteiger partial charge in [0.1, 0.15) is 11.6 Å². The second-order valence-corrected chi connectivity index (χ2v) is 6.01. The van der Waals surface area contributed by atoms with Crippen LogP contribution in [0.4, 0.5) is 20.2 Å². The van der Waals surface area contributed by atoms with E-state index in [4.69, 9.17) is 23.2 Å². The molecule has 0 aromatic heterocycles. The number of carbonyl (C=O) groups is 2. The highest BCUT2D eigenvalue weighted by atomic mass is 35.5. The molecule has 0 atom stereocenters. The first-order chi connectivity index (χ1) is 11.8. The van der Waals surface area contributed by atoms with Gasteiger partial charge >= 0.3 is 0 Å². The number of rotatable bonds is 5. The van der Waals surface area contributed by atoms with Crippen LogP contribution in [0.15, 0.2) is 36.4 Å². The van der Waals surface area contributed by atoms with Crippen LogP contribution in [0, 0.1) is 11.6 Å². The molecule has 1 N–H and O–H groups in total. The molecule has 8 heteroatoms. The summed E-state index contributed by atoms with van der Waals surface area (Å²) in [5.74, 6) is -2.48. The first-order valence-electron chi connectivity index (χ1n) is 7.26. The topological polar surface area (TPSA) is 49.4 Å². The third-order valence-corrected chi connectivity index (χ3v) is 4.09. The maximum atomic E-state index is 13.9. The molecular weight excluding hydrogens is 373 g/mol. The number of halogens is 4. The molecule has 0 aliphatic rings. The van der Waals surface area contributed by atoms with Crippen LogP contribution < -0.4 is 10.2 Å². The van der Waals surface area contributed by atoms with Gasteiger partial charge in [-0.05, 0) is 30.3 Å². The molecule has 2 aromatic carbocycles. The minimum Gasteiger partial charge on any atom is -0.326 e. The first kappa shape index (κ1) is 19.1. The van der Waals surface area contributed by atoms with Gasteiger partial charge in [-0.25, -0.2) is 8.78 Å². The fourth-order valence-corrected chi connectivity index (χ4v) is 2.46. The van der Waals surface area contributed by atoms with Gasteiger partial charge in [-0.1, -0.05) is 23.2 Å². The summed E-state index contributed by atoms with van der Waals surface area (Å²) in [6.45, 7) is 1.17. The van der Waals surface area contributed by atoms with Crippen LogP contribution in [-0.2, 0) is 9.59 Å². The van der Waals surface area contributed by atoms with Crippen molar-refractivity contribution in [1.82, 2.24) is 0 Å². The molecule has 0 saturated carbocycles. The number of carbonyl (C=O) groups excluding carboxylic acids is 2. The van der Waals surface area contributed by atoms with Crippen molar-refractivity contribution in [2.45, 2.75) is 13.3 Å². The van der Waals surface area contributed by atoms with Crippen LogP contribution in [0.5, 0.6) is 0 Å². The lowest BCUT2D eigenvalue weighted by atomic mass is 10.2. The van der Waals surface area contributed by atoms with Crippen molar-refractivity contribution in [1.29, 1.82) is 0 Å². The highest BCUT2D eigenvalue weighted by molar-refractivity contribution is 6.42. The second-order valence-electron chi connectivity index (χ2n) is 5.19. The predicted octanol–water partition coefficient (Wildman–Crippen LogP) is 4.65. The van der Waals surface area contributed by atoms with Crippen LogP contribution in [0.2, 0.25) is 10.0 Å². The SMILES string of the molecule is CC(=O)N(CCC(=O)Nc1ccc(Cl)c(Cl)c1)c1ccc(F)cc1F. The largest absolute Gasteiger partial charge is 0.326 e. The summed E-state index contributed by atoms with van der Waals surface area (Å²) >= 11 is 11.7. The lowest BCUT2D eigenvalue weighted by molar-refractivity contribution is -0.117. The van der Waals surface area contributed by atoms with E-state index in [2.05, 4.69) is 5.32 Å². The van der Waals surface area contributed by atoms with E-state index in [-0.39, 0.29) is 18.7 Å². The van der Waals surface area contributed by atoms with Gasteiger partial charge in [-0.15, -0.1) is 0 Å². The highest BCUT2D eigenvalue weighted by Crippen LogP contribution is 2.25. The zero-order valence-corrected chi connectivity index (χ0v) is 14.7. The van der Waals surface area contributed by atoms with Crippen LogP contribution in [0.25, 0.3) is 0 Å². The molecule has 0 bridgehead atoms. The number of amides is 2. The summed E-state index contributed by atoms with van der Waals surface area (Å²) in [5.41, 5.74) is 0.359. The third-order valence-electron chi connectivity index (χ3n) is 3.35. The van der Waals surface area contributed by atoms with E-state index in [0.717, 1.165) is 17.0 Å². The van der Waals surface area contributed by atoms with E-state index in [0.29, 0.717) is 21.8 Å². The molecule has 2 aromatic rings. The Morgan fingerprint density at radius 1 is 1.08 bits per heavy atom. The number of hydrogen-bond donors (Lipinski definition) is 1. The summed E-state index contributed by atoms with van der Waals surface area (Å²) in [6, 6.07) is 7.49. The summed E-state index contributed by atoms with van der Waals surface area (Å²) in [6.07, 6.45) is -0.0867. The molecule has 0 aliphatic carbocycles. The van der Waals surface area contributed by atoms with Crippen molar-refractivity contribution in [2.24, 2.45) is 0 Å². The van der Waals surface area contributed by atoms with Crippen LogP contribution in [0.3, 0.4) is 0 Å². The fourth-order valence-electron chi connectivity index (χ4n) is 2.16. The highest BCUT2D eigenvalue weighted by Gasteiger charge is 2.17. The standard InChI is InChI=1S/C17H14Cl2F2N2O2/c1-10(24)23(16-5-2-11(20)8-15(16)21)7-6-17(25)22-12-3-4-13(18)14(19)9-12/h2-5,8-9H,6-7H2,1H3,(H,22,25). The molecule has 132 valence electrons. The lowest BCUT2D eigenvalue weighted by Crippen LogP contribution is -2.32. The van der Waals surface area contributed by atoms with Crippen LogP contribution in [-0.4, -0.2) is 18.4 Å². The van der Waals surface area contributed by atoms with Crippen LogP contribution in [0.1, 0.15) is 13.3 Å². The molecule has 0 fully saturated rings. The van der Waals surface area contributed by atoms with E-state index in [1.807, 2.05) is 0 Å². The Balaban J connectivity index is 2.04. The van der Waals surface area contributed by atoms with Gasteiger partial charge in [0.05, 0.1) is 15.7 Å². The first-order valence-corrected chi connectivity index (χ1v) is 8.01. The molecule has 4 nitrogen and oxygen atoms in total. The fraction of sp³-hybridized carbons (Fsp3) is 0.176. The smallest absolute Gasteiger partial charge is 0.226 e. The Morgan fingerprint density at radius 3 is 2.40 bits per heavy atom. The molecular formula is C17H14Cl2F2N2O2. The van der Waals surface area contributed by atoms with Gasteiger partial charge in [-0.3, -0.25) is 9.59 Å². The Labute approximate surface area is 153 Å². The monoisotopic (exact) mass is 386 g/mol. The average molecular weight is 387 g/mol. The number of hydrogen-bond acceptors (Lipinski definition) is 2. The zero-order chi connectivity index (χ0) is 18.6. The minimum atomic E-state index is -0.875. The molecule has 0 aliphatic heterocycles. The van der Waals surface area contributed by atoms with Gasteiger partial charge in [-0.2, -0.15) is 0 Å². The Kier molecular flexibility index (Phi) is 6.33. The molecule has 25 heavy (non-hydrogen) atoms.